The molecule has 2 rings (SSSR count). The molecule has 0 aliphatic rings. The van der Waals surface area contributed by atoms with Gasteiger partial charge in [0.1, 0.15) is 11.5 Å². The van der Waals surface area contributed by atoms with E-state index in [0.717, 1.165) is 21.8 Å². The van der Waals surface area contributed by atoms with E-state index in [9.17, 15) is 9.35 Å². The standard InChI is InChI=1S/C17H18O4S/c1-11-9-14(20-4)5-7-16(11)22(19)17-8-6-15(10-12(17)2)21-13(3)18/h5-10H,1-4H3. The molecule has 2 aromatic carbocycles. The summed E-state index contributed by atoms with van der Waals surface area (Å²) >= 11 is -1.30. The van der Waals surface area contributed by atoms with Crippen molar-refractivity contribution in [3.63, 3.8) is 0 Å². The van der Waals surface area contributed by atoms with Gasteiger partial charge in [-0.1, -0.05) is 0 Å². The molecule has 22 heavy (non-hydrogen) atoms. The van der Waals surface area contributed by atoms with Gasteiger partial charge in [0.05, 0.1) is 7.11 Å². The average molecular weight is 318 g/mol. The Morgan fingerprint density at radius 2 is 1.50 bits per heavy atom. The van der Waals surface area contributed by atoms with Gasteiger partial charge < -0.3 is 14.0 Å². The van der Waals surface area contributed by atoms with Crippen molar-refractivity contribution in [2.75, 3.05) is 7.11 Å². The number of ether oxygens (including phenoxy) is 2. The van der Waals surface area contributed by atoms with Crippen LogP contribution in [-0.2, 0) is 16.0 Å². The first-order valence-electron chi connectivity index (χ1n) is 6.78. The van der Waals surface area contributed by atoms with Crippen molar-refractivity contribution in [1.29, 1.82) is 0 Å². The van der Waals surface area contributed by atoms with Crippen LogP contribution >= 0.6 is 0 Å². The summed E-state index contributed by atoms with van der Waals surface area (Å²) in [5.41, 5.74) is 1.72. The maximum atomic E-state index is 12.8. The van der Waals surface area contributed by atoms with E-state index in [1.54, 1.807) is 31.4 Å². The monoisotopic (exact) mass is 318 g/mol. The molecule has 0 bridgehead atoms. The molecule has 2 aromatic rings. The maximum absolute atomic E-state index is 12.8. The van der Waals surface area contributed by atoms with Crippen molar-refractivity contribution in [1.82, 2.24) is 0 Å². The van der Waals surface area contributed by atoms with Gasteiger partial charge in [0.2, 0.25) is 0 Å². The Morgan fingerprint density at radius 3 is 1.95 bits per heavy atom. The molecule has 0 spiro atoms. The number of rotatable bonds is 4. The van der Waals surface area contributed by atoms with Crippen molar-refractivity contribution in [3.8, 4) is 11.5 Å². The van der Waals surface area contributed by atoms with E-state index < -0.39 is 11.2 Å². The average Bonchev–Trinajstić information content (AvgIpc) is 2.46. The number of esters is 1. The lowest BCUT2D eigenvalue weighted by molar-refractivity contribution is -0.131. The normalized spacial score (nSPS) is 11.9. The molecule has 4 nitrogen and oxygen atoms in total. The Labute approximate surface area is 133 Å². The Bertz CT molecular complexity index is 697. The molecular formula is C17H18O4S. The SMILES string of the molecule is COc1ccc([S+]([O-])c2ccc(OC(C)=O)cc2C)c(C)c1. The van der Waals surface area contributed by atoms with Gasteiger partial charge in [0.25, 0.3) is 0 Å². The van der Waals surface area contributed by atoms with Gasteiger partial charge in [-0.2, -0.15) is 0 Å². The van der Waals surface area contributed by atoms with Crippen molar-refractivity contribution in [2.45, 2.75) is 30.6 Å². The minimum absolute atomic E-state index is 0.376. The smallest absolute Gasteiger partial charge is 0.308 e. The molecule has 1 unspecified atom stereocenters. The molecule has 0 N–H and O–H groups in total. The number of aryl methyl sites for hydroxylation is 2. The number of hydrogen-bond acceptors (Lipinski definition) is 4. The number of hydrogen-bond donors (Lipinski definition) is 0. The van der Waals surface area contributed by atoms with Crippen LogP contribution in [0.1, 0.15) is 18.1 Å². The lowest BCUT2D eigenvalue weighted by Gasteiger charge is -2.15. The first kappa shape index (κ1) is 16.4. The van der Waals surface area contributed by atoms with Crippen molar-refractivity contribution < 1.29 is 18.8 Å². The topological polar surface area (TPSA) is 58.6 Å². The first-order valence-corrected chi connectivity index (χ1v) is 7.93. The molecule has 0 saturated heterocycles. The highest BCUT2D eigenvalue weighted by Gasteiger charge is 2.20. The molecule has 0 amide bonds. The second-order valence-corrected chi connectivity index (χ2v) is 6.34. The zero-order valence-corrected chi connectivity index (χ0v) is 13.8. The number of benzene rings is 2. The third-order valence-electron chi connectivity index (χ3n) is 3.19. The number of carbonyl (C=O) groups excluding carboxylic acids is 1. The Morgan fingerprint density at radius 1 is 1.00 bits per heavy atom. The summed E-state index contributed by atoms with van der Waals surface area (Å²) in [7, 11) is 1.60. The van der Waals surface area contributed by atoms with Crippen LogP contribution in [0.15, 0.2) is 46.2 Å². The maximum Gasteiger partial charge on any atom is 0.308 e. The third-order valence-corrected chi connectivity index (χ3v) is 4.90. The summed E-state index contributed by atoms with van der Waals surface area (Å²) in [6.45, 7) is 5.10. The lowest BCUT2D eigenvalue weighted by Crippen LogP contribution is -2.07. The fourth-order valence-corrected chi connectivity index (χ4v) is 3.46. The van der Waals surface area contributed by atoms with E-state index in [1.165, 1.54) is 6.92 Å². The van der Waals surface area contributed by atoms with Crippen LogP contribution in [0.25, 0.3) is 0 Å². The Hall–Kier alpha value is -1.98. The summed E-state index contributed by atoms with van der Waals surface area (Å²) in [5.74, 6) is 0.816. The molecule has 0 radical (unpaired) electrons. The Balaban J connectivity index is 2.33. The predicted octanol–water partition coefficient (Wildman–Crippen LogP) is 3.40. The van der Waals surface area contributed by atoms with Crippen LogP contribution in [0.2, 0.25) is 0 Å². The molecule has 0 aliphatic heterocycles. The molecule has 116 valence electrons. The lowest BCUT2D eigenvalue weighted by atomic mass is 10.2. The summed E-state index contributed by atoms with van der Waals surface area (Å²) < 4.78 is 23.0. The molecule has 0 aromatic heterocycles. The zero-order valence-electron chi connectivity index (χ0n) is 13.0. The van der Waals surface area contributed by atoms with Gasteiger partial charge in [-0.3, -0.25) is 4.79 Å². The minimum Gasteiger partial charge on any atom is -0.606 e. The van der Waals surface area contributed by atoms with Crippen LogP contribution in [0, 0.1) is 13.8 Å². The van der Waals surface area contributed by atoms with E-state index in [2.05, 4.69) is 0 Å². The van der Waals surface area contributed by atoms with E-state index in [0.29, 0.717) is 10.6 Å². The van der Waals surface area contributed by atoms with Gasteiger partial charge in [-0.05, 0) is 50.2 Å². The second kappa shape index (κ2) is 6.85. The summed E-state index contributed by atoms with van der Waals surface area (Å²) in [6.07, 6.45) is 0. The van der Waals surface area contributed by atoms with Crippen molar-refractivity contribution in [3.05, 3.63) is 47.5 Å². The van der Waals surface area contributed by atoms with Gasteiger partial charge >= 0.3 is 5.97 Å². The van der Waals surface area contributed by atoms with Crippen LogP contribution in [0.4, 0.5) is 0 Å². The van der Waals surface area contributed by atoms with Gasteiger partial charge in [-0.25, -0.2) is 0 Å². The number of carbonyl (C=O) groups is 1. The molecule has 0 saturated carbocycles. The Kier molecular flexibility index (Phi) is 5.11. The molecule has 0 fully saturated rings. The molecule has 5 heteroatoms. The fraction of sp³-hybridized carbons (Fsp3) is 0.235. The highest BCUT2D eigenvalue weighted by Crippen LogP contribution is 2.30. The summed E-state index contributed by atoms with van der Waals surface area (Å²) in [4.78, 5) is 12.4. The van der Waals surface area contributed by atoms with Crippen LogP contribution in [0.5, 0.6) is 11.5 Å². The van der Waals surface area contributed by atoms with Crippen LogP contribution < -0.4 is 9.47 Å². The zero-order chi connectivity index (χ0) is 16.3. The highest BCUT2D eigenvalue weighted by atomic mass is 32.2. The molecule has 1 atom stereocenters. The predicted molar refractivity (Wildman–Crippen MR) is 84.9 cm³/mol. The molecular weight excluding hydrogens is 300 g/mol. The quantitative estimate of drug-likeness (QED) is 0.492. The largest absolute Gasteiger partial charge is 0.606 e. The van der Waals surface area contributed by atoms with Crippen molar-refractivity contribution >= 4 is 17.1 Å². The molecule has 0 aliphatic carbocycles. The molecule has 0 heterocycles. The van der Waals surface area contributed by atoms with Crippen LogP contribution in [0.3, 0.4) is 0 Å². The van der Waals surface area contributed by atoms with Crippen molar-refractivity contribution in [2.24, 2.45) is 0 Å². The van der Waals surface area contributed by atoms with Gasteiger partial charge in [0.15, 0.2) is 9.79 Å². The van der Waals surface area contributed by atoms with Gasteiger partial charge in [0, 0.05) is 29.2 Å². The second-order valence-electron chi connectivity index (χ2n) is 4.92. The first-order chi connectivity index (χ1) is 10.4. The summed E-state index contributed by atoms with van der Waals surface area (Å²) in [5, 5.41) is 0. The fourth-order valence-electron chi connectivity index (χ4n) is 2.13. The van der Waals surface area contributed by atoms with E-state index in [4.69, 9.17) is 9.47 Å². The third kappa shape index (κ3) is 3.61. The van der Waals surface area contributed by atoms with E-state index >= 15 is 0 Å². The highest BCUT2D eigenvalue weighted by molar-refractivity contribution is 7.91. The van der Waals surface area contributed by atoms with E-state index in [-0.39, 0.29) is 5.97 Å². The van der Waals surface area contributed by atoms with E-state index in [1.807, 2.05) is 26.0 Å². The van der Waals surface area contributed by atoms with Gasteiger partial charge in [-0.15, -0.1) is 0 Å². The number of methoxy groups -OCH3 is 1. The summed E-state index contributed by atoms with van der Waals surface area (Å²) in [6, 6.07) is 10.6. The van der Waals surface area contributed by atoms with Crippen LogP contribution in [-0.4, -0.2) is 17.6 Å². The minimum atomic E-state index is -1.30.